The molecular formula is C11H18N2O5. The second-order valence-electron chi connectivity index (χ2n) is 3.67. The van der Waals surface area contributed by atoms with Crippen LogP contribution in [-0.2, 0) is 23.9 Å². The number of hydrogen-bond acceptors (Lipinski definition) is 6. The van der Waals surface area contributed by atoms with E-state index in [0.29, 0.717) is 0 Å². The van der Waals surface area contributed by atoms with Crippen molar-refractivity contribution in [3.63, 3.8) is 0 Å². The molecule has 7 nitrogen and oxygen atoms in total. The van der Waals surface area contributed by atoms with Gasteiger partial charge in [0.05, 0.1) is 13.2 Å². The van der Waals surface area contributed by atoms with Crippen molar-refractivity contribution in [3.8, 4) is 0 Å². The van der Waals surface area contributed by atoms with Gasteiger partial charge in [-0.05, 0) is 20.4 Å². The maximum Gasteiger partial charge on any atom is 0.325 e. The summed E-state index contributed by atoms with van der Waals surface area (Å²) in [7, 11) is 2.79. The zero-order chi connectivity index (χ0) is 14.1. The number of ether oxygens (including phenoxy) is 1. The average Bonchev–Trinajstić information content (AvgIpc) is 2.35. The van der Waals surface area contributed by atoms with Gasteiger partial charge in [0.1, 0.15) is 12.3 Å². The smallest absolute Gasteiger partial charge is 0.325 e. The lowest BCUT2D eigenvalue weighted by molar-refractivity contribution is -0.143. The minimum atomic E-state index is -0.848. The van der Waals surface area contributed by atoms with Gasteiger partial charge in [-0.2, -0.15) is 0 Å². The fraction of sp³-hybridized carbons (Fsp3) is 0.636. The molecule has 2 N–H and O–H groups in total. The second kappa shape index (κ2) is 8.35. The molecule has 1 atom stereocenters. The molecule has 0 unspecified atom stereocenters. The van der Waals surface area contributed by atoms with Gasteiger partial charge in [-0.3, -0.25) is 19.2 Å². The van der Waals surface area contributed by atoms with Crippen molar-refractivity contribution in [3.05, 3.63) is 0 Å². The van der Waals surface area contributed by atoms with Crippen molar-refractivity contribution in [2.24, 2.45) is 0 Å². The first-order chi connectivity index (χ1) is 8.42. The molecule has 0 aliphatic heterocycles. The third kappa shape index (κ3) is 6.09. The lowest BCUT2D eigenvalue weighted by Crippen LogP contribution is -2.37. The molecule has 0 bridgehead atoms. The highest BCUT2D eigenvalue weighted by Gasteiger charge is 2.18. The van der Waals surface area contributed by atoms with E-state index < -0.39 is 23.7 Å². The van der Waals surface area contributed by atoms with E-state index in [-0.39, 0.29) is 25.2 Å². The molecule has 102 valence electrons. The number of rotatable bonds is 8. The van der Waals surface area contributed by atoms with Gasteiger partial charge in [0.15, 0.2) is 0 Å². The Labute approximate surface area is 105 Å². The molecular weight excluding hydrogens is 240 g/mol. The van der Waals surface area contributed by atoms with Crippen LogP contribution in [0, 0.1) is 0 Å². The summed E-state index contributed by atoms with van der Waals surface area (Å²) in [5.74, 6) is -2.24. The highest BCUT2D eigenvalue weighted by molar-refractivity contribution is 6.36. The van der Waals surface area contributed by atoms with Crippen LogP contribution in [0.5, 0.6) is 0 Å². The summed E-state index contributed by atoms with van der Waals surface area (Å²) in [6.07, 6.45) is 0.189. The Morgan fingerprint density at radius 3 is 2.28 bits per heavy atom. The van der Waals surface area contributed by atoms with Gasteiger partial charge in [0.2, 0.25) is 5.78 Å². The topological polar surface area (TPSA) is 102 Å². The van der Waals surface area contributed by atoms with Gasteiger partial charge >= 0.3 is 5.97 Å². The van der Waals surface area contributed by atoms with Crippen LogP contribution in [0.2, 0.25) is 0 Å². The highest BCUT2D eigenvalue weighted by atomic mass is 16.5. The van der Waals surface area contributed by atoms with Crippen molar-refractivity contribution in [2.75, 3.05) is 20.7 Å². The number of carbonyl (C=O) groups excluding carboxylic acids is 4. The van der Waals surface area contributed by atoms with Crippen molar-refractivity contribution < 1.29 is 23.9 Å². The van der Waals surface area contributed by atoms with Crippen LogP contribution in [0.4, 0.5) is 0 Å². The number of methoxy groups -OCH3 is 1. The van der Waals surface area contributed by atoms with Crippen LogP contribution in [-0.4, -0.2) is 50.2 Å². The van der Waals surface area contributed by atoms with Gasteiger partial charge in [0, 0.05) is 6.42 Å². The molecule has 1 amide bonds. The van der Waals surface area contributed by atoms with E-state index in [1.54, 1.807) is 7.05 Å². The Kier molecular flexibility index (Phi) is 7.53. The number of carbonyl (C=O) groups is 4. The first-order valence-corrected chi connectivity index (χ1v) is 5.48. The zero-order valence-electron chi connectivity index (χ0n) is 10.7. The largest absolute Gasteiger partial charge is 0.468 e. The van der Waals surface area contributed by atoms with Gasteiger partial charge in [-0.25, -0.2) is 0 Å². The molecule has 0 saturated carbocycles. The lowest BCUT2D eigenvalue weighted by Gasteiger charge is -2.11. The maximum absolute atomic E-state index is 11.4. The summed E-state index contributed by atoms with van der Waals surface area (Å²) in [6.45, 7) is 1.06. The number of Topliss-reactive ketones (excluding diaryl/α,β-unsaturated/α-hetero) is 2. The monoisotopic (exact) mass is 258 g/mol. The van der Waals surface area contributed by atoms with Gasteiger partial charge in [-0.1, -0.05) is 0 Å². The SMILES string of the molecule is CN[C@@H](CCC(=O)C(=O)NCC(=O)OC)C(C)=O. The quantitative estimate of drug-likeness (QED) is 0.419. The lowest BCUT2D eigenvalue weighted by atomic mass is 10.1. The number of ketones is 2. The Morgan fingerprint density at radius 2 is 1.83 bits per heavy atom. The Balaban J connectivity index is 4.05. The summed E-state index contributed by atoms with van der Waals surface area (Å²) in [4.78, 5) is 44.5. The number of amides is 1. The normalized spacial score (nSPS) is 11.5. The van der Waals surface area contributed by atoms with Crippen molar-refractivity contribution in [1.82, 2.24) is 10.6 Å². The van der Waals surface area contributed by atoms with E-state index in [1.165, 1.54) is 14.0 Å². The Hall–Kier alpha value is -1.76. The van der Waals surface area contributed by atoms with Crippen LogP contribution >= 0.6 is 0 Å². The molecule has 7 heteroatoms. The van der Waals surface area contributed by atoms with E-state index in [9.17, 15) is 19.2 Å². The molecule has 0 rings (SSSR count). The standard InChI is InChI=1S/C11H18N2O5/c1-7(14)8(12-2)4-5-9(15)11(17)13-6-10(16)18-3/h8,12H,4-6H2,1-3H3,(H,13,17)/t8-/m0/s1. The van der Waals surface area contributed by atoms with E-state index >= 15 is 0 Å². The summed E-state index contributed by atoms with van der Waals surface area (Å²) < 4.78 is 4.31. The number of nitrogens with one attached hydrogen (secondary N) is 2. The van der Waals surface area contributed by atoms with Crippen LogP contribution in [0.3, 0.4) is 0 Å². The minimum absolute atomic E-state index is 0.0574. The van der Waals surface area contributed by atoms with Crippen LogP contribution in [0.25, 0.3) is 0 Å². The minimum Gasteiger partial charge on any atom is -0.468 e. The van der Waals surface area contributed by atoms with Gasteiger partial charge in [0.25, 0.3) is 5.91 Å². The first-order valence-electron chi connectivity index (χ1n) is 5.48. The van der Waals surface area contributed by atoms with E-state index in [1.807, 2.05) is 0 Å². The summed E-state index contributed by atoms with van der Waals surface area (Å²) in [5, 5.41) is 4.88. The third-order valence-electron chi connectivity index (χ3n) is 2.37. The molecule has 0 aromatic heterocycles. The molecule has 18 heavy (non-hydrogen) atoms. The van der Waals surface area contributed by atoms with E-state index in [2.05, 4.69) is 15.4 Å². The summed E-state index contributed by atoms with van der Waals surface area (Å²) in [5.41, 5.74) is 0. The molecule has 0 aromatic rings. The fourth-order valence-electron chi connectivity index (χ4n) is 1.26. The predicted molar refractivity (Wildman–Crippen MR) is 62.8 cm³/mol. The van der Waals surface area contributed by atoms with Crippen molar-refractivity contribution in [2.45, 2.75) is 25.8 Å². The molecule has 0 saturated heterocycles. The van der Waals surface area contributed by atoms with Gasteiger partial charge < -0.3 is 15.4 Å². The number of likely N-dealkylation sites (N-methyl/N-ethyl adjacent to an activating group) is 1. The molecule has 0 aliphatic carbocycles. The summed E-state index contributed by atoms with van der Waals surface area (Å²) in [6, 6.07) is -0.442. The zero-order valence-corrected chi connectivity index (χ0v) is 10.7. The van der Waals surface area contributed by atoms with Gasteiger partial charge in [-0.15, -0.1) is 0 Å². The van der Waals surface area contributed by atoms with Crippen molar-refractivity contribution in [1.29, 1.82) is 0 Å². The Morgan fingerprint density at radius 1 is 1.22 bits per heavy atom. The van der Waals surface area contributed by atoms with E-state index in [0.717, 1.165) is 0 Å². The molecule has 0 radical (unpaired) electrons. The summed E-state index contributed by atoms with van der Waals surface area (Å²) >= 11 is 0. The van der Waals surface area contributed by atoms with Crippen LogP contribution in [0.15, 0.2) is 0 Å². The third-order valence-corrected chi connectivity index (χ3v) is 2.37. The average molecular weight is 258 g/mol. The van der Waals surface area contributed by atoms with Crippen molar-refractivity contribution >= 4 is 23.4 Å². The second-order valence-corrected chi connectivity index (χ2v) is 3.67. The number of esters is 1. The predicted octanol–water partition coefficient (Wildman–Crippen LogP) is -1.20. The first kappa shape index (κ1) is 16.2. The molecule has 0 spiro atoms. The van der Waals surface area contributed by atoms with Crippen LogP contribution in [0.1, 0.15) is 19.8 Å². The number of hydrogen-bond donors (Lipinski definition) is 2. The maximum atomic E-state index is 11.4. The molecule has 0 aliphatic rings. The Bertz CT molecular complexity index is 340. The molecule has 0 aromatic carbocycles. The fourth-order valence-corrected chi connectivity index (χ4v) is 1.26. The van der Waals surface area contributed by atoms with Crippen LogP contribution < -0.4 is 10.6 Å². The van der Waals surface area contributed by atoms with E-state index in [4.69, 9.17) is 0 Å². The molecule has 0 fully saturated rings. The molecule has 0 heterocycles. The highest BCUT2D eigenvalue weighted by Crippen LogP contribution is 1.99.